The summed E-state index contributed by atoms with van der Waals surface area (Å²) in [5.74, 6) is 1.53. The van der Waals surface area contributed by atoms with Crippen molar-refractivity contribution < 1.29 is 9.47 Å². The minimum absolute atomic E-state index is 0.0707. The number of para-hydroxylation sites is 1. The van der Waals surface area contributed by atoms with Gasteiger partial charge in [-0.1, -0.05) is 35.9 Å². The zero-order valence-corrected chi connectivity index (χ0v) is 12.4. The summed E-state index contributed by atoms with van der Waals surface area (Å²) in [4.78, 5) is 0. The van der Waals surface area contributed by atoms with Crippen LogP contribution >= 0.6 is 11.6 Å². The molecule has 20 heavy (non-hydrogen) atoms. The van der Waals surface area contributed by atoms with Crippen LogP contribution in [0.25, 0.3) is 0 Å². The number of halogens is 1. The molecule has 0 saturated heterocycles. The lowest BCUT2D eigenvalue weighted by molar-refractivity contribution is 0.273. The van der Waals surface area contributed by atoms with Gasteiger partial charge in [0.25, 0.3) is 0 Å². The summed E-state index contributed by atoms with van der Waals surface area (Å²) in [7, 11) is 3.56. The second kappa shape index (κ2) is 7.17. The SMILES string of the molecule is CNC(COc1ccccc1Cl)c1cccc(OC)c1. The summed E-state index contributed by atoms with van der Waals surface area (Å²) in [6, 6.07) is 15.5. The maximum Gasteiger partial charge on any atom is 0.137 e. The molecule has 0 aliphatic carbocycles. The predicted molar refractivity (Wildman–Crippen MR) is 81.7 cm³/mol. The van der Waals surface area contributed by atoms with Gasteiger partial charge in [0.1, 0.15) is 18.1 Å². The van der Waals surface area contributed by atoms with Crippen LogP contribution in [-0.2, 0) is 0 Å². The molecule has 0 aliphatic rings. The van der Waals surface area contributed by atoms with Crippen LogP contribution in [0, 0.1) is 0 Å². The maximum atomic E-state index is 6.08. The van der Waals surface area contributed by atoms with Crippen molar-refractivity contribution in [1.82, 2.24) is 5.32 Å². The van der Waals surface area contributed by atoms with E-state index in [1.807, 2.05) is 55.6 Å². The van der Waals surface area contributed by atoms with E-state index in [1.54, 1.807) is 7.11 Å². The lowest BCUT2D eigenvalue weighted by atomic mass is 10.1. The van der Waals surface area contributed by atoms with Gasteiger partial charge in [-0.3, -0.25) is 0 Å². The summed E-state index contributed by atoms with van der Waals surface area (Å²) in [6.07, 6.45) is 0. The zero-order valence-electron chi connectivity index (χ0n) is 11.6. The van der Waals surface area contributed by atoms with Gasteiger partial charge in [0.05, 0.1) is 18.2 Å². The largest absolute Gasteiger partial charge is 0.497 e. The molecule has 0 bridgehead atoms. The van der Waals surface area contributed by atoms with Crippen LogP contribution in [0.2, 0.25) is 5.02 Å². The molecule has 0 amide bonds. The highest BCUT2D eigenvalue weighted by Crippen LogP contribution is 2.25. The van der Waals surface area contributed by atoms with Gasteiger partial charge in [0.15, 0.2) is 0 Å². The Morgan fingerprint density at radius 3 is 2.65 bits per heavy atom. The van der Waals surface area contributed by atoms with Gasteiger partial charge in [-0.25, -0.2) is 0 Å². The van der Waals surface area contributed by atoms with Gasteiger partial charge >= 0.3 is 0 Å². The Morgan fingerprint density at radius 2 is 1.95 bits per heavy atom. The average molecular weight is 292 g/mol. The van der Waals surface area contributed by atoms with E-state index in [2.05, 4.69) is 5.32 Å². The summed E-state index contributed by atoms with van der Waals surface area (Å²) < 4.78 is 11.0. The fourth-order valence-electron chi connectivity index (χ4n) is 1.94. The second-order valence-electron chi connectivity index (χ2n) is 4.36. The molecular weight excluding hydrogens is 274 g/mol. The van der Waals surface area contributed by atoms with Crippen LogP contribution < -0.4 is 14.8 Å². The topological polar surface area (TPSA) is 30.5 Å². The Kier molecular flexibility index (Phi) is 5.27. The number of nitrogens with one attached hydrogen (secondary N) is 1. The molecule has 0 aromatic heterocycles. The predicted octanol–water partition coefficient (Wildman–Crippen LogP) is 3.69. The maximum absolute atomic E-state index is 6.08. The molecule has 2 aromatic carbocycles. The summed E-state index contributed by atoms with van der Waals surface area (Å²) in [6.45, 7) is 0.493. The van der Waals surface area contributed by atoms with Gasteiger partial charge in [-0.05, 0) is 36.9 Å². The van der Waals surface area contributed by atoms with Gasteiger partial charge in [0, 0.05) is 0 Å². The molecule has 0 heterocycles. The van der Waals surface area contributed by atoms with Crippen LogP contribution in [0.5, 0.6) is 11.5 Å². The highest BCUT2D eigenvalue weighted by molar-refractivity contribution is 6.32. The van der Waals surface area contributed by atoms with Crippen molar-refractivity contribution in [2.24, 2.45) is 0 Å². The quantitative estimate of drug-likeness (QED) is 0.880. The van der Waals surface area contributed by atoms with Crippen molar-refractivity contribution in [2.75, 3.05) is 20.8 Å². The number of hydrogen-bond donors (Lipinski definition) is 1. The monoisotopic (exact) mass is 291 g/mol. The third-order valence-electron chi connectivity index (χ3n) is 3.09. The fraction of sp³-hybridized carbons (Fsp3) is 0.250. The average Bonchev–Trinajstić information content (AvgIpc) is 2.50. The Bertz CT molecular complexity index is 560. The molecular formula is C16H18ClNO2. The van der Waals surface area contributed by atoms with Crippen LogP contribution in [-0.4, -0.2) is 20.8 Å². The van der Waals surface area contributed by atoms with E-state index in [1.165, 1.54) is 0 Å². The first kappa shape index (κ1) is 14.7. The standard InChI is InChI=1S/C16H18ClNO2/c1-18-15(12-6-5-7-13(10-12)19-2)11-20-16-9-4-3-8-14(16)17/h3-10,15,18H,11H2,1-2H3. The molecule has 3 nitrogen and oxygen atoms in total. The molecule has 0 spiro atoms. The summed E-state index contributed by atoms with van der Waals surface area (Å²) in [5, 5.41) is 3.85. The molecule has 106 valence electrons. The van der Waals surface area contributed by atoms with E-state index in [0.29, 0.717) is 17.4 Å². The van der Waals surface area contributed by atoms with E-state index in [4.69, 9.17) is 21.1 Å². The highest BCUT2D eigenvalue weighted by atomic mass is 35.5. The molecule has 1 unspecified atom stereocenters. The zero-order chi connectivity index (χ0) is 14.4. The van der Waals surface area contributed by atoms with E-state index < -0.39 is 0 Å². The number of rotatable bonds is 6. The number of benzene rings is 2. The number of methoxy groups -OCH3 is 1. The first-order valence-corrected chi connectivity index (χ1v) is 6.81. The van der Waals surface area contributed by atoms with Crippen molar-refractivity contribution in [3.05, 3.63) is 59.1 Å². The molecule has 0 aliphatic heterocycles. The third kappa shape index (κ3) is 3.65. The lowest BCUT2D eigenvalue weighted by Crippen LogP contribution is -2.23. The molecule has 0 fully saturated rings. The van der Waals surface area contributed by atoms with Crippen molar-refractivity contribution in [3.63, 3.8) is 0 Å². The van der Waals surface area contributed by atoms with Gasteiger partial charge in [0.2, 0.25) is 0 Å². The van der Waals surface area contributed by atoms with E-state index in [9.17, 15) is 0 Å². The Balaban J connectivity index is 2.07. The van der Waals surface area contributed by atoms with E-state index in [-0.39, 0.29) is 6.04 Å². The second-order valence-corrected chi connectivity index (χ2v) is 4.77. The molecule has 2 aromatic rings. The molecule has 4 heteroatoms. The highest BCUT2D eigenvalue weighted by Gasteiger charge is 2.11. The summed E-state index contributed by atoms with van der Waals surface area (Å²) in [5.41, 5.74) is 1.11. The Labute approximate surface area is 124 Å². The van der Waals surface area contributed by atoms with Gasteiger partial charge in [-0.2, -0.15) is 0 Å². The Morgan fingerprint density at radius 1 is 1.15 bits per heavy atom. The van der Waals surface area contributed by atoms with Gasteiger partial charge < -0.3 is 14.8 Å². The van der Waals surface area contributed by atoms with Crippen molar-refractivity contribution in [2.45, 2.75) is 6.04 Å². The minimum Gasteiger partial charge on any atom is -0.497 e. The first-order chi connectivity index (χ1) is 9.74. The molecule has 1 atom stereocenters. The molecule has 0 saturated carbocycles. The third-order valence-corrected chi connectivity index (χ3v) is 3.40. The number of ether oxygens (including phenoxy) is 2. The lowest BCUT2D eigenvalue weighted by Gasteiger charge is -2.18. The summed E-state index contributed by atoms with van der Waals surface area (Å²) >= 11 is 6.08. The number of hydrogen-bond acceptors (Lipinski definition) is 3. The molecule has 1 N–H and O–H groups in total. The van der Waals surface area contributed by atoms with Crippen LogP contribution in [0.4, 0.5) is 0 Å². The van der Waals surface area contributed by atoms with E-state index >= 15 is 0 Å². The van der Waals surface area contributed by atoms with Crippen molar-refractivity contribution in [3.8, 4) is 11.5 Å². The first-order valence-electron chi connectivity index (χ1n) is 6.43. The van der Waals surface area contributed by atoms with Crippen molar-refractivity contribution >= 4 is 11.6 Å². The van der Waals surface area contributed by atoms with Gasteiger partial charge in [-0.15, -0.1) is 0 Å². The number of likely N-dealkylation sites (N-methyl/N-ethyl adjacent to an activating group) is 1. The van der Waals surface area contributed by atoms with Crippen LogP contribution in [0.15, 0.2) is 48.5 Å². The van der Waals surface area contributed by atoms with Crippen molar-refractivity contribution in [1.29, 1.82) is 0 Å². The fourth-order valence-corrected chi connectivity index (χ4v) is 2.13. The van der Waals surface area contributed by atoms with Crippen LogP contribution in [0.3, 0.4) is 0 Å². The molecule has 0 radical (unpaired) electrons. The smallest absolute Gasteiger partial charge is 0.137 e. The molecule has 2 rings (SSSR count). The minimum atomic E-state index is 0.0707. The van der Waals surface area contributed by atoms with E-state index in [0.717, 1.165) is 11.3 Å². The van der Waals surface area contributed by atoms with Crippen LogP contribution in [0.1, 0.15) is 11.6 Å². The Hall–Kier alpha value is -1.71. The normalized spacial score (nSPS) is 11.9.